The van der Waals surface area contributed by atoms with E-state index in [1.54, 1.807) is 18.1 Å². The first-order chi connectivity index (χ1) is 12.1. The van der Waals surface area contributed by atoms with Crippen molar-refractivity contribution in [2.45, 2.75) is 19.4 Å². The van der Waals surface area contributed by atoms with Crippen LogP contribution in [0.2, 0.25) is 0 Å². The van der Waals surface area contributed by atoms with Crippen molar-refractivity contribution in [2.75, 3.05) is 23.9 Å². The molecular weight excluding hydrogens is 318 g/mol. The van der Waals surface area contributed by atoms with Crippen molar-refractivity contribution in [3.63, 3.8) is 0 Å². The second-order valence-corrected chi connectivity index (χ2v) is 6.04. The third-order valence-electron chi connectivity index (χ3n) is 4.13. The van der Waals surface area contributed by atoms with Gasteiger partial charge in [0.25, 0.3) is 0 Å². The SMILES string of the molecule is COc1ccc(C)cc1NC(=O)NC1CC(=O)N(c2ccccc2)C1. The second-order valence-electron chi connectivity index (χ2n) is 6.04. The largest absolute Gasteiger partial charge is 0.495 e. The zero-order chi connectivity index (χ0) is 17.8. The van der Waals surface area contributed by atoms with Gasteiger partial charge >= 0.3 is 6.03 Å². The summed E-state index contributed by atoms with van der Waals surface area (Å²) in [5, 5.41) is 5.65. The van der Waals surface area contributed by atoms with E-state index < -0.39 is 0 Å². The van der Waals surface area contributed by atoms with E-state index in [0.717, 1.165) is 11.3 Å². The topological polar surface area (TPSA) is 70.7 Å². The first-order valence-electron chi connectivity index (χ1n) is 8.14. The van der Waals surface area contributed by atoms with E-state index in [1.165, 1.54) is 0 Å². The zero-order valence-electron chi connectivity index (χ0n) is 14.3. The lowest BCUT2D eigenvalue weighted by Crippen LogP contribution is -2.39. The molecule has 0 spiro atoms. The molecule has 1 saturated heterocycles. The molecule has 0 radical (unpaired) electrons. The number of nitrogens with one attached hydrogen (secondary N) is 2. The third-order valence-corrected chi connectivity index (χ3v) is 4.13. The smallest absolute Gasteiger partial charge is 0.319 e. The molecule has 1 unspecified atom stereocenters. The van der Waals surface area contributed by atoms with E-state index in [-0.39, 0.29) is 24.4 Å². The van der Waals surface area contributed by atoms with Gasteiger partial charge in [0.1, 0.15) is 5.75 Å². The summed E-state index contributed by atoms with van der Waals surface area (Å²) in [5.41, 5.74) is 2.46. The van der Waals surface area contributed by atoms with Gasteiger partial charge in [0.15, 0.2) is 0 Å². The van der Waals surface area contributed by atoms with Gasteiger partial charge in [0.05, 0.1) is 18.8 Å². The van der Waals surface area contributed by atoms with Crippen LogP contribution in [-0.2, 0) is 4.79 Å². The summed E-state index contributed by atoms with van der Waals surface area (Å²) in [6.45, 7) is 2.40. The van der Waals surface area contributed by atoms with Crippen molar-refractivity contribution < 1.29 is 14.3 Å². The molecule has 0 aromatic heterocycles. The van der Waals surface area contributed by atoms with Crippen LogP contribution in [-0.4, -0.2) is 31.6 Å². The van der Waals surface area contributed by atoms with Crippen molar-refractivity contribution in [3.05, 3.63) is 54.1 Å². The third kappa shape index (κ3) is 3.91. The number of nitrogens with zero attached hydrogens (tertiary/aromatic N) is 1. The zero-order valence-corrected chi connectivity index (χ0v) is 14.3. The Morgan fingerprint density at radius 3 is 2.68 bits per heavy atom. The molecule has 1 aliphatic heterocycles. The highest BCUT2D eigenvalue weighted by Gasteiger charge is 2.31. The van der Waals surface area contributed by atoms with Gasteiger partial charge in [0.2, 0.25) is 5.91 Å². The van der Waals surface area contributed by atoms with Crippen LogP contribution in [0.1, 0.15) is 12.0 Å². The van der Waals surface area contributed by atoms with Crippen molar-refractivity contribution >= 4 is 23.3 Å². The van der Waals surface area contributed by atoms with Gasteiger partial charge in [-0.25, -0.2) is 4.79 Å². The van der Waals surface area contributed by atoms with E-state index in [4.69, 9.17) is 4.74 Å². The standard InChI is InChI=1S/C19H21N3O3/c1-13-8-9-17(25-2)16(10-13)21-19(24)20-14-11-18(23)22(12-14)15-6-4-3-5-7-15/h3-10,14H,11-12H2,1-2H3,(H2,20,21,24). The molecule has 1 heterocycles. The molecule has 2 aromatic carbocycles. The van der Waals surface area contributed by atoms with Crippen molar-refractivity contribution in [1.29, 1.82) is 0 Å². The predicted octanol–water partition coefficient (Wildman–Crippen LogP) is 2.93. The van der Waals surface area contributed by atoms with Gasteiger partial charge in [-0.3, -0.25) is 4.79 Å². The van der Waals surface area contributed by atoms with Crippen LogP contribution in [0, 0.1) is 6.92 Å². The Morgan fingerprint density at radius 2 is 1.96 bits per heavy atom. The molecule has 25 heavy (non-hydrogen) atoms. The highest BCUT2D eigenvalue weighted by molar-refractivity contribution is 5.97. The number of urea groups is 1. The number of rotatable bonds is 4. The Hall–Kier alpha value is -3.02. The maximum absolute atomic E-state index is 12.3. The highest BCUT2D eigenvalue weighted by atomic mass is 16.5. The number of carbonyl (C=O) groups is 2. The number of para-hydroxylation sites is 1. The van der Waals surface area contributed by atoms with Crippen LogP contribution >= 0.6 is 0 Å². The van der Waals surface area contributed by atoms with Gasteiger partial charge < -0.3 is 20.3 Å². The molecular formula is C19H21N3O3. The molecule has 2 aromatic rings. The molecule has 3 amide bonds. The minimum Gasteiger partial charge on any atom is -0.495 e. The van der Waals surface area contributed by atoms with Crippen molar-refractivity contribution in [1.82, 2.24) is 5.32 Å². The first-order valence-corrected chi connectivity index (χ1v) is 8.14. The van der Waals surface area contributed by atoms with Crippen LogP contribution < -0.4 is 20.3 Å². The number of benzene rings is 2. The number of methoxy groups -OCH3 is 1. The lowest BCUT2D eigenvalue weighted by atomic mass is 10.2. The fourth-order valence-corrected chi connectivity index (χ4v) is 2.93. The fraction of sp³-hybridized carbons (Fsp3) is 0.263. The van der Waals surface area contributed by atoms with Crippen LogP contribution in [0.15, 0.2) is 48.5 Å². The van der Waals surface area contributed by atoms with Crippen LogP contribution in [0.5, 0.6) is 5.75 Å². The molecule has 2 N–H and O–H groups in total. The molecule has 1 aliphatic rings. The Bertz CT molecular complexity index is 777. The number of aryl methyl sites for hydroxylation is 1. The molecule has 0 bridgehead atoms. The van der Waals surface area contributed by atoms with E-state index in [9.17, 15) is 9.59 Å². The number of hydrogen-bond acceptors (Lipinski definition) is 3. The molecule has 6 nitrogen and oxygen atoms in total. The normalized spacial score (nSPS) is 16.6. The molecule has 0 saturated carbocycles. The summed E-state index contributed by atoms with van der Waals surface area (Å²) in [5.74, 6) is 0.596. The summed E-state index contributed by atoms with van der Waals surface area (Å²) in [7, 11) is 1.56. The maximum atomic E-state index is 12.3. The Balaban J connectivity index is 1.63. The van der Waals surface area contributed by atoms with E-state index >= 15 is 0 Å². The summed E-state index contributed by atoms with van der Waals surface area (Å²) in [4.78, 5) is 26.2. The molecule has 1 fully saturated rings. The predicted molar refractivity (Wildman–Crippen MR) is 97.1 cm³/mol. The summed E-state index contributed by atoms with van der Waals surface area (Å²) in [6.07, 6.45) is 0.285. The molecule has 6 heteroatoms. The minimum absolute atomic E-state index is 0.00429. The van der Waals surface area contributed by atoms with Crippen LogP contribution in [0.3, 0.4) is 0 Å². The van der Waals surface area contributed by atoms with Crippen LogP contribution in [0.25, 0.3) is 0 Å². The average molecular weight is 339 g/mol. The number of hydrogen-bond donors (Lipinski definition) is 2. The average Bonchev–Trinajstić information content (AvgIpc) is 2.96. The summed E-state index contributed by atoms with van der Waals surface area (Å²) < 4.78 is 5.26. The molecule has 130 valence electrons. The van der Waals surface area contributed by atoms with Gasteiger partial charge in [-0.05, 0) is 36.8 Å². The highest BCUT2D eigenvalue weighted by Crippen LogP contribution is 2.25. The second kappa shape index (κ2) is 7.25. The fourth-order valence-electron chi connectivity index (χ4n) is 2.93. The lowest BCUT2D eigenvalue weighted by molar-refractivity contribution is -0.117. The van der Waals surface area contributed by atoms with E-state index in [0.29, 0.717) is 18.0 Å². The molecule has 0 aliphatic carbocycles. The van der Waals surface area contributed by atoms with Gasteiger partial charge in [0, 0.05) is 18.7 Å². The van der Waals surface area contributed by atoms with E-state index in [1.807, 2.05) is 49.4 Å². The van der Waals surface area contributed by atoms with E-state index in [2.05, 4.69) is 10.6 Å². The van der Waals surface area contributed by atoms with Crippen molar-refractivity contribution in [2.24, 2.45) is 0 Å². The van der Waals surface area contributed by atoms with Gasteiger partial charge in [-0.2, -0.15) is 0 Å². The molecule has 1 atom stereocenters. The monoisotopic (exact) mass is 339 g/mol. The van der Waals surface area contributed by atoms with Crippen molar-refractivity contribution in [3.8, 4) is 5.75 Å². The van der Waals surface area contributed by atoms with Gasteiger partial charge in [-0.1, -0.05) is 24.3 Å². The Kier molecular flexibility index (Phi) is 4.88. The Labute approximate surface area is 146 Å². The first kappa shape index (κ1) is 16.8. The van der Waals surface area contributed by atoms with Crippen LogP contribution in [0.4, 0.5) is 16.2 Å². The number of ether oxygens (including phenoxy) is 1. The lowest BCUT2D eigenvalue weighted by Gasteiger charge is -2.18. The Morgan fingerprint density at radius 1 is 1.20 bits per heavy atom. The summed E-state index contributed by atoms with van der Waals surface area (Å²) in [6, 6.07) is 14.4. The maximum Gasteiger partial charge on any atom is 0.319 e. The quantitative estimate of drug-likeness (QED) is 0.900. The number of amides is 3. The number of anilines is 2. The molecule has 3 rings (SSSR count). The summed E-state index contributed by atoms with van der Waals surface area (Å²) >= 11 is 0. The van der Waals surface area contributed by atoms with Gasteiger partial charge in [-0.15, -0.1) is 0 Å². The minimum atomic E-state index is -0.350. The number of carbonyl (C=O) groups excluding carboxylic acids is 2.